The molecule has 0 radical (unpaired) electrons. The molecule has 0 spiro atoms. The van der Waals surface area contributed by atoms with Gasteiger partial charge in [0.15, 0.2) is 0 Å². The molecule has 0 saturated carbocycles. The molecule has 0 amide bonds. The molecule has 0 atom stereocenters. The minimum Gasteiger partial charge on any atom is -0.303 e. The lowest BCUT2D eigenvalue weighted by Gasteiger charge is -2.22. The highest BCUT2D eigenvalue weighted by molar-refractivity contribution is 4.83. The van der Waals surface area contributed by atoms with Crippen LogP contribution in [0, 0.1) is 0 Å². The van der Waals surface area contributed by atoms with E-state index in [0.717, 1.165) is 0 Å². The first-order valence-corrected chi connectivity index (χ1v) is 29.0. The van der Waals surface area contributed by atoms with Gasteiger partial charge in [0, 0.05) is 0 Å². The fourth-order valence-electron chi connectivity index (χ4n) is 9.14. The molecule has 0 N–H and O–H groups in total. The molecule has 1 heteroatoms. The summed E-state index contributed by atoms with van der Waals surface area (Å²) in [5, 5.41) is 0. The number of hydrogen-bond acceptors (Lipinski definition) is 1. The summed E-state index contributed by atoms with van der Waals surface area (Å²) in [6, 6.07) is 0. The lowest BCUT2D eigenvalue weighted by molar-refractivity contribution is 0.254. The van der Waals surface area contributed by atoms with Crippen molar-refractivity contribution >= 4 is 0 Å². The van der Waals surface area contributed by atoms with Gasteiger partial charge in [-0.2, -0.15) is 0 Å². The van der Waals surface area contributed by atoms with Gasteiger partial charge in [-0.05, 0) is 116 Å². The summed E-state index contributed by atoms with van der Waals surface area (Å²) in [4.78, 5) is 2.87. The van der Waals surface area contributed by atoms with Crippen molar-refractivity contribution in [3.8, 4) is 0 Å². The molecule has 0 aromatic carbocycles. The van der Waals surface area contributed by atoms with E-state index >= 15 is 0 Å². The Labute approximate surface area is 388 Å². The lowest BCUT2D eigenvalue weighted by atomic mass is 10.1. The molecule has 61 heavy (non-hydrogen) atoms. The lowest BCUT2D eigenvalue weighted by Crippen LogP contribution is -2.27. The van der Waals surface area contributed by atoms with E-state index in [4.69, 9.17) is 0 Å². The maximum atomic E-state index is 2.87. The van der Waals surface area contributed by atoms with Crippen LogP contribution in [0.15, 0.2) is 36.5 Å². The number of hydrogen-bond donors (Lipinski definition) is 0. The predicted molar refractivity (Wildman–Crippen MR) is 282 cm³/mol. The second-order valence-electron chi connectivity index (χ2n) is 19.8. The third kappa shape index (κ3) is 55.2. The quantitative estimate of drug-likeness (QED) is 0.0435. The standard InChI is InChI=1S/C60H117N/c1-4-7-10-13-16-19-22-25-28-31-34-37-40-43-46-49-52-55-58-61(59-56-53-50-47-44-41-38-35-32-29-26-23-20-17-14-11-8-5-2)60-57-54-51-48-45-42-39-36-33-30-27-24-21-18-15-12-9-6-3/h31-36H,4-30,37-60H2,1-3H3/b34-31-,35-32-,36-33-. The normalized spacial score (nSPS) is 12.2. The van der Waals surface area contributed by atoms with E-state index in [1.165, 1.54) is 328 Å². The van der Waals surface area contributed by atoms with Gasteiger partial charge < -0.3 is 4.90 Å². The Morgan fingerprint density at radius 3 is 0.508 bits per heavy atom. The first kappa shape index (κ1) is 60.2. The summed E-state index contributed by atoms with van der Waals surface area (Å²) in [6.07, 6.45) is 82.7. The van der Waals surface area contributed by atoms with Gasteiger partial charge >= 0.3 is 0 Å². The van der Waals surface area contributed by atoms with Crippen molar-refractivity contribution in [2.24, 2.45) is 0 Å². The Morgan fingerprint density at radius 1 is 0.180 bits per heavy atom. The number of nitrogens with zero attached hydrogens (tertiary/aromatic N) is 1. The van der Waals surface area contributed by atoms with E-state index in [0.29, 0.717) is 0 Å². The summed E-state index contributed by atoms with van der Waals surface area (Å²) < 4.78 is 0. The minimum atomic E-state index is 1.30. The Morgan fingerprint density at radius 2 is 0.328 bits per heavy atom. The first-order chi connectivity index (χ1) is 30.3. The Hall–Kier alpha value is -0.820. The van der Waals surface area contributed by atoms with Crippen LogP contribution in [0.2, 0.25) is 0 Å². The van der Waals surface area contributed by atoms with Gasteiger partial charge in [0.05, 0.1) is 0 Å². The molecular weight excluding hydrogens is 735 g/mol. The van der Waals surface area contributed by atoms with E-state index in [9.17, 15) is 0 Å². The highest BCUT2D eigenvalue weighted by atomic mass is 15.1. The molecule has 362 valence electrons. The molecule has 0 heterocycles. The summed E-state index contributed by atoms with van der Waals surface area (Å²) in [5.74, 6) is 0. The van der Waals surface area contributed by atoms with Gasteiger partial charge in [0.1, 0.15) is 0 Å². The van der Waals surface area contributed by atoms with E-state index in [2.05, 4.69) is 62.1 Å². The van der Waals surface area contributed by atoms with Crippen molar-refractivity contribution in [1.82, 2.24) is 4.90 Å². The van der Waals surface area contributed by atoms with Crippen LogP contribution in [0.5, 0.6) is 0 Å². The molecule has 1 nitrogen and oxygen atoms in total. The highest BCUT2D eigenvalue weighted by Gasteiger charge is 2.05. The summed E-state index contributed by atoms with van der Waals surface area (Å²) in [7, 11) is 0. The molecule has 0 bridgehead atoms. The van der Waals surface area contributed by atoms with E-state index in [1.54, 1.807) is 0 Å². The topological polar surface area (TPSA) is 3.24 Å². The van der Waals surface area contributed by atoms with Crippen LogP contribution < -0.4 is 0 Å². The van der Waals surface area contributed by atoms with Crippen molar-refractivity contribution in [2.75, 3.05) is 19.6 Å². The molecule has 0 rings (SSSR count). The molecule has 0 saturated heterocycles. The third-order valence-corrected chi connectivity index (χ3v) is 13.5. The zero-order chi connectivity index (χ0) is 43.9. The fourth-order valence-corrected chi connectivity index (χ4v) is 9.14. The van der Waals surface area contributed by atoms with Gasteiger partial charge in [0.25, 0.3) is 0 Å². The van der Waals surface area contributed by atoms with Gasteiger partial charge in [-0.15, -0.1) is 0 Å². The molecule has 0 aromatic heterocycles. The Bertz CT molecular complexity index is 729. The van der Waals surface area contributed by atoms with Crippen molar-refractivity contribution < 1.29 is 0 Å². The molecule has 0 aliphatic carbocycles. The third-order valence-electron chi connectivity index (χ3n) is 13.5. The average molecular weight is 853 g/mol. The van der Waals surface area contributed by atoms with Crippen molar-refractivity contribution in [3.63, 3.8) is 0 Å². The van der Waals surface area contributed by atoms with Gasteiger partial charge in [-0.3, -0.25) is 0 Å². The van der Waals surface area contributed by atoms with Crippen LogP contribution in [0.1, 0.15) is 329 Å². The first-order valence-electron chi connectivity index (χ1n) is 29.0. The number of allylic oxidation sites excluding steroid dienone is 6. The van der Waals surface area contributed by atoms with Crippen LogP contribution in [-0.2, 0) is 0 Å². The van der Waals surface area contributed by atoms with Gasteiger partial charge in [-0.1, -0.05) is 269 Å². The van der Waals surface area contributed by atoms with Crippen LogP contribution in [0.4, 0.5) is 0 Å². The second-order valence-corrected chi connectivity index (χ2v) is 19.8. The van der Waals surface area contributed by atoms with Crippen molar-refractivity contribution in [1.29, 1.82) is 0 Å². The summed E-state index contributed by atoms with van der Waals surface area (Å²) >= 11 is 0. The molecule has 0 aliphatic rings. The molecule has 0 fully saturated rings. The largest absolute Gasteiger partial charge is 0.303 e. The number of unbranched alkanes of at least 4 members (excludes halogenated alkanes) is 42. The Kier molecular flexibility index (Phi) is 56.4. The zero-order valence-corrected chi connectivity index (χ0v) is 43.0. The van der Waals surface area contributed by atoms with Crippen LogP contribution in [-0.4, -0.2) is 24.5 Å². The molecule has 0 unspecified atom stereocenters. The van der Waals surface area contributed by atoms with Crippen LogP contribution in [0.3, 0.4) is 0 Å². The average Bonchev–Trinajstić information content (AvgIpc) is 3.27. The summed E-state index contributed by atoms with van der Waals surface area (Å²) in [6.45, 7) is 11.0. The zero-order valence-electron chi connectivity index (χ0n) is 43.0. The Balaban J connectivity index is 4.07. The van der Waals surface area contributed by atoms with Crippen molar-refractivity contribution in [3.05, 3.63) is 36.5 Å². The second kappa shape index (κ2) is 57.2. The van der Waals surface area contributed by atoms with E-state index in [1.807, 2.05) is 0 Å². The molecular formula is C60H117N. The molecule has 0 aromatic rings. The van der Waals surface area contributed by atoms with Gasteiger partial charge in [0.2, 0.25) is 0 Å². The number of rotatable bonds is 54. The van der Waals surface area contributed by atoms with E-state index in [-0.39, 0.29) is 0 Å². The minimum absolute atomic E-state index is 1.30. The van der Waals surface area contributed by atoms with E-state index < -0.39 is 0 Å². The van der Waals surface area contributed by atoms with Gasteiger partial charge in [-0.25, -0.2) is 0 Å². The smallest absolute Gasteiger partial charge is 0.00187 e. The summed E-state index contributed by atoms with van der Waals surface area (Å²) in [5.41, 5.74) is 0. The fraction of sp³-hybridized carbons (Fsp3) is 0.900. The monoisotopic (exact) mass is 852 g/mol. The highest BCUT2D eigenvalue weighted by Crippen LogP contribution is 2.16. The van der Waals surface area contributed by atoms with Crippen molar-refractivity contribution in [2.45, 2.75) is 329 Å². The predicted octanol–water partition coefficient (Wildman–Crippen LogP) is 21.7. The maximum absolute atomic E-state index is 2.87. The maximum Gasteiger partial charge on any atom is -0.00187 e. The SMILES string of the molecule is CCCCCCCCCC/C=C\CCCCCCCCN(CCCCCCCC/C=C\CCCCCCCCCC)CCCCCCCC/C=C\CCCCCCCCCC. The van der Waals surface area contributed by atoms with Crippen LogP contribution >= 0.6 is 0 Å². The van der Waals surface area contributed by atoms with Crippen LogP contribution in [0.25, 0.3) is 0 Å². The molecule has 0 aliphatic heterocycles.